The van der Waals surface area contributed by atoms with Crippen molar-refractivity contribution in [2.45, 2.75) is 45.1 Å². The fourth-order valence-corrected chi connectivity index (χ4v) is 4.71. The van der Waals surface area contributed by atoms with Crippen LogP contribution in [0.1, 0.15) is 47.8 Å². The van der Waals surface area contributed by atoms with Crippen molar-refractivity contribution in [2.75, 3.05) is 20.6 Å². The maximum Gasteiger partial charge on any atom is 0.261 e. The summed E-state index contributed by atoms with van der Waals surface area (Å²) in [6.45, 7) is 5.07. The van der Waals surface area contributed by atoms with E-state index in [9.17, 15) is 4.79 Å². The van der Waals surface area contributed by atoms with E-state index in [0.29, 0.717) is 0 Å². The summed E-state index contributed by atoms with van der Waals surface area (Å²) in [5, 5.41) is 3.16. The van der Waals surface area contributed by atoms with Crippen molar-refractivity contribution < 1.29 is 4.79 Å². The molecule has 2 atom stereocenters. The van der Waals surface area contributed by atoms with E-state index in [4.69, 9.17) is 0 Å². The number of hydrogen-bond acceptors (Lipinski definition) is 3. The largest absolute Gasteiger partial charge is 0.349 e. The van der Waals surface area contributed by atoms with Gasteiger partial charge < -0.3 is 10.2 Å². The maximum absolute atomic E-state index is 12.4. The van der Waals surface area contributed by atoms with Crippen molar-refractivity contribution in [2.24, 2.45) is 5.92 Å². The SMILES string of the molecule is Cc1cc(C(=O)NCC2(N(C)C)CCCC(C)C2)sc1Br. The normalized spacial score (nSPS) is 26.1. The quantitative estimate of drug-likeness (QED) is 0.863. The van der Waals surface area contributed by atoms with Gasteiger partial charge in [0.2, 0.25) is 0 Å². The lowest BCUT2D eigenvalue weighted by molar-refractivity contribution is 0.0677. The van der Waals surface area contributed by atoms with Crippen LogP contribution in [0.4, 0.5) is 0 Å². The van der Waals surface area contributed by atoms with E-state index in [-0.39, 0.29) is 11.4 Å². The number of hydrogen-bond donors (Lipinski definition) is 1. The molecule has 1 amide bonds. The molecule has 1 aromatic heterocycles. The first-order valence-electron chi connectivity index (χ1n) is 7.55. The molecule has 1 heterocycles. The summed E-state index contributed by atoms with van der Waals surface area (Å²) in [6.07, 6.45) is 4.88. The Hall–Kier alpha value is -0.390. The highest BCUT2D eigenvalue weighted by Crippen LogP contribution is 2.35. The lowest BCUT2D eigenvalue weighted by atomic mass is 9.75. The molecule has 0 aromatic carbocycles. The monoisotopic (exact) mass is 372 g/mol. The van der Waals surface area contributed by atoms with Gasteiger partial charge in [0.15, 0.2) is 0 Å². The Morgan fingerprint density at radius 2 is 2.29 bits per heavy atom. The highest BCUT2D eigenvalue weighted by Gasteiger charge is 2.37. The molecule has 0 radical (unpaired) electrons. The minimum atomic E-state index is 0.0493. The van der Waals surface area contributed by atoms with Gasteiger partial charge in [-0.15, -0.1) is 11.3 Å². The number of rotatable bonds is 4. The zero-order chi connectivity index (χ0) is 15.6. The number of thiophene rings is 1. The number of likely N-dealkylation sites (N-methyl/N-ethyl adjacent to an activating group) is 1. The molecule has 1 aliphatic carbocycles. The Morgan fingerprint density at radius 3 is 2.81 bits per heavy atom. The van der Waals surface area contributed by atoms with Crippen molar-refractivity contribution in [3.05, 3.63) is 20.3 Å². The van der Waals surface area contributed by atoms with Crippen molar-refractivity contribution in [1.29, 1.82) is 0 Å². The highest BCUT2D eigenvalue weighted by molar-refractivity contribution is 9.11. The fraction of sp³-hybridized carbons (Fsp3) is 0.688. The summed E-state index contributed by atoms with van der Waals surface area (Å²) in [7, 11) is 4.27. The molecule has 3 nitrogen and oxygen atoms in total. The molecule has 2 rings (SSSR count). The molecule has 1 fully saturated rings. The number of carbonyl (C=O) groups is 1. The molecule has 1 N–H and O–H groups in total. The first-order valence-corrected chi connectivity index (χ1v) is 9.16. The zero-order valence-corrected chi connectivity index (χ0v) is 15.7. The minimum absolute atomic E-state index is 0.0493. The van der Waals surface area contributed by atoms with Crippen molar-refractivity contribution in [1.82, 2.24) is 10.2 Å². The van der Waals surface area contributed by atoms with Crippen LogP contribution in [-0.2, 0) is 0 Å². The van der Waals surface area contributed by atoms with Gasteiger partial charge >= 0.3 is 0 Å². The van der Waals surface area contributed by atoms with Crippen LogP contribution >= 0.6 is 27.3 Å². The van der Waals surface area contributed by atoms with Gasteiger partial charge in [-0.2, -0.15) is 0 Å². The molecule has 118 valence electrons. The molecule has 1 aliphatic rings. The second-order valence-electron chi connectivity index (χ2n) is 6.57. The Morgan fingerprint density at radius 1 is 1.57 bits per heavy atom. The molecule has 0 spiro atoms. The molecule has 21 heavy (non-hydrogen) atoms. The van der Waals surface area contributed by atoms with Crippen molar-refractivity contribution >= 4 is 33.2 Å². The van der Waals surface area contributed by atoms with Gasteiger partial charge in [0.25, 0.3) is 5.91 Å². The van der Waals surface area contributed by atoms with E-state index in [1.807, 2.05) is 13.0 Å². The Balaban J connectivity index is 2.03. The molecule has 1 saturated carbocycles. The van der Waals surface area contributed by atoms with Crippen LogP contribution in [0.25, 0.3) is 0 Å². The van der Waals surface area contributed by atoms with E-state index < -0.39 is 0 Å². The third kappa shape index (κ3) is 3.88. The first-order chi connectivity index (χ1) is 9.84. The fourth-order valence-electron chi connectivity index (χ4n) is 3.26. The third-order valence-electron chi connectivity index (χ3n) is 4.68. The van der Waals surface area contributed by atoms with Gasteiger partial charge in [0.05, 0.1) is 8.66 Å². The lowest BCUT2D eigenvalue weighted by Gasteiger charge is -2.45. The standard InChI is InChI=1S/C16H25BrN2OS/c1-11-6-5-7-16(9-11,19(3)4)10-18-15(20)13-8-12(2)14(17)21-13/h8,11H,5-7,9-10H2,1-4H3,(H,18,20). The van der Waals surface area contributed by atoms with Gasteiger partial charge in [0.1, 0.15) is 0 Å². The molecule has 0 bridgehead atoms. The second kappa shape index (κ2) is 6.80. The predicted molar refractivity (Wildman–Crippen MR) is 93.1 cm³/mol. The Kier molecular flexibility index (Phi) is 5.49. The summed E-state index contributed by atoms with van der Waals surface area (Å²) in [5.74, 6) is 0.782. The topological polar surface area (TPSA) is 32.3 Å². The minimum Gasteiger partial charge on any atom is -0.349 e. The predicted octanol–water partition coefficient (Wildman–Crippen LogP) is 4.06. The smallest absolute Gasteiger partial charge is 0.261 e. The molecule has 0 aliphatic heterocycles. The summed E-state index contributed by atoms with van der Waals surface area (Å²) in [6, 6.07) is 1.95. The number of halogens is 1. The zero-order valence-electron chi connectivity index (χ0n) is 13.3. The van der Waals surface area contributed by atoms with E-state index >= 15 is 0 Å². The van der Waals surface area contributed by atoms with Gasteiger partial charge in [-0.25, -0.2) is 0 Å². The Labute approximate surface area is 140 Å². The highest BCUT2D eigenvalue weighted by atomic mass is 79.9. The number of nitrogens with zero attached hydrogens (tertiary/aromatic N) is 1. The number of nitrogens with one attached hydrogen (secondary N) is 1. The van der Waals surface area contributed by atoms with Crippen LogP contribution in [0.15, 0.2) is 9.85 Å². The van der Waals surface area contributed by atoms with Crippen LogP contribution < -0.4 is 5.32 Å². The number of amides is 1. The first kappa shape index (κ1) is 17.0. The average molecular weight is 373 g/mol. The third-order valence-corrected chi connectivity index (χ3v) is 6.81. The molecular weight excluding hydrogens is 348 g/mol. The molecule has 2 unspecified atom stereocenters. The lowest BCUT2D eigenvalue weighted by Crippen LogP contribution is -2.55. The van der Waals surface area contributed by atoms with Crippen LogP contribution in [0.3, 0.4) is 0 Å². The molecule has 0 saturated heterocycles. The average Bonchev–Trinajstić information content (AvgIpc) is 2.76. The summed E-state index contributed by atoms with van der Waals surface area (Å²) in [4.78, 5) is 15.5. The van der Waals surface area contributed by atoms with Gasteiger partial charge in [-0.05, 0) is 67.3 Å². The van der Waals surface area contributed by atoms with Gasteiger partial charge in [0, 0.05) is 12.1 Å². The number of carbonyl (C=O) groups excluding carboxylic acids is 1. The van der Waals surface area contributed by atoms with Crippen molar-refractivity contribution in [3.63, 3.8) is 0 Å². The molecular formula is C16H25BrN2OS. The van der Waals surface area contributed by atoms with Crippen LogP contribution in [0.5, 0.6) is 0 Å². The van der Waals surface area contributed by atoms with Gasteiger partial charge in [-0.3, -0.25) is 4.79 Å². The van der Waals surface area contributed by atoms with Crippen molar-refractivity contribution in [3.8, 4) is 0 Å². The Bertz CT molecular complexity index is 495. The summed E-state index contributed by atoms with van der Waals surface area (Å²) >= 11 is 4.99. The maximum atomic E-state index is 12.4. The van der Waals surface area contributed by atoms with E-state index in [2.05, 4.69) is 47.2 Å². The van der Waals surface area contributed by atoms with Crippen LogP contribution in [0, 0.1) is 12.8 Å². The van der Waals surface area contributed by atoms with Crippen LogP contribution in [-0.4, -0.2) is 37.0 Å². The van der Waals surface area contributed by atoms with E-state index in [1.54, 1.807) is 0 Å². The molecule has 5 heteroatoms. The summed E-state index contributed by atoms with van der Waals surface area (Å²) < 4.78 is 1.04. The van der Waals surface area contributed by atoms with E-state index in [0.717, 1.165) is 39.5 Å². The van der Waals surface area contributed by atoms with E-state index in [1.165, 1.54) is 24.2 Å². The van der Waals surface area contributed by atoms with Crippen LogP contribution in [0.2, 0.25) is 0 Å². The van der Waals surface area contributed by atoms with Gasteiger partial charge in [-0.1, -0.05) is 19.8 Å². The second-order valence-corrected chi connectivity index (χ2v) is 8.94. The number of aryl methyl sites for hydroxylation is 1. The summed E-state index contributed by atoms with van der Waals surface area (Å²) in [5.41, 5.74) is 1.23. The molecule has 1 aromatic rings.